The lowest BCUT2D eigenvalue weighted by molar-refractivity contribution is -0.127. The van der Waals surface area contributed by atoms with Crippen LogP contribution in [0.2, 0.25) is 5.02 Å². The highest BCUT2D eigenvalue weighted by molar-refractivity contribution is 6.32. The maximum atomic E-state index is 12.2. The van der Waals surface area contributed by atoms with E-state index in [4.69, 9.17) is 20.8 Å². The number of hydrogen-bond acceptors (Lipinski definition) is 5. The Balaban J connectivity index is 1.73. The van der Waals surface area contributed by atoms with Gasteiger partial charge in [-0.15, -0.1) is 0 Å². The first kappa shape index (κ1) is 19.7. The van der Waals surface area contributed by atoms with Gasteiger partial charge < -0.3 is 19.4 Å². The normalized spacial score (nSPS) is 14.4. The van der Waals surface area contributed by atoms with Gasteiger partial charge in [-0.3, -0.25) is 4.79 Å². The molecule has 0 bridgehead atoms. The molecule has 0 fully saturated rings. The molecule has 1 aliphatic carbocycles. The number of amides is 1. The zero-order chi connectivity index (χ0) is 19.6. The van der Waals surface area contributed by atoms with Crippen LogP contribution < -0.4 is 15.7 Å². The fourth-order valence-electron chi connectivity index (χ4n) is 3.37. The molecule has 1 aromatic heterocycles. The van der Waals surface area contributed by atoms with Crippen molar-refractivity contribution in [2.24, 2.45) is 0 Å². The number of rotatable bonds is 7. The molecule has 1 amide bonds. The molecule has 0 saturated carbocycles. The Morgan fingerprint density at radius 2 is 2.07 bits per heavy atom. The molecular formula is C20H25ClN2O4. The van der Waals surface area contributed by atoms with Crippen LogP contribution in [0.25, 0.3) is 11.0 Å². The van der Waals surface area contributed by atoms with Crippen LogP contribution in [0.15, 0.2) is 21.3 Å². The summed E-state index contributed by atoms with van der Waals surface area (Å²) < 4.78 is 11.2. The second-order valence-electron chi connectivity index (χ2n) is 7.19. The van der Waals surface area contributed by atoms with Crippen LogP contribution in [0.3, 0.4) is 0 Å². The highest BCUT2D eigenvalue weighted by atomic mass is 35.5. The predicted octanol–water partition coefficient (Wildman–Crippen LogP) is 2.77. The molecule has 6 nitrogen and oxygen atoms in total. The molecule has 1 unspecified atom stereocenters. The first-order chi connectivity index (χ1) is 12.9. The molecule has 146 valence electrons. The average Bonchev–Trinajstić information content (AvgIpc) is 3.10. The van der Waals surface area contributed by atoms with Crippen molar-refractivity contribution in [3.63, 3.8) is 0 Å². The second-order valence-corrected chi connectivity index (χ2v) is 7.59. The number of hydrogen-bond donors (Lipinski definition) is 1. The molecule has 0 spiro atoms. The van der Waals surface area contributed by atoms with E-state index in [1.54, 1.807) is 19.1 Å². The van der Waals surface area contributed by atoms with E-state index >= 15 is 0 Å². The first-order valence-electron chi connectivity index (χ1n) is 9.24. The largest absolute Gasteiger partial charge is 0.479 e. The molecule has 1 atom stereocenters. The Hall–Kier alpha value is -2.05. The van der Waals surface area contributed by atoms with Crippen LogP contribution in [0, 0.1) is 0 Å². The fourth-order valence-corrected chi connectivity index (χ4v) is 3.58. The van der Waals surface area contributed by atoms with Crippen LogP contribution in [-0.2, 0) is 17.6 Å². The van der Waals surface area contributed by atoms with Crippen molar-refractivity contribution in [1.29, 1.82) is 0 Å². The number of aryl methyl sites for hydroxylation is 1. The Bertz CT molecular complexity index is 907. The first-order valence-corrected chi connectivity index (χ1v) is 9.62. The predicted molar refractivity (Wildman–Crippen MR) is 106 cm³/mol. The summed E-state index contributed by atoms with van der Waals surface area (Å²) in [5.41, 5.74) is 1.91. The Kier molecular flexibility index (Phi) is 6.07. The maximum Gasteiger partial charge on any atom is 0.339 e. The van der Waals surface area contributed by atoms with Crippen molar-refractivity contribution in [1.82, 2.24) is 10.2 Å². The van der Waals surface area contributed by atoms with E-state index in [0.717, 1.165) is 48.7 Å². The molecule has 7 heteroatoms. The summed E-state index contributed by atoms with van der Waals surface area (Å²) in [5, 5.41) is 4.10. The zero-order valence-electron chi connectivity index (χ0n) is 15.9. The van der Waals surface area contributed by atoms with Crippen molar-refractivity contribution in [2.75, 3.05) is 27.2 Å². The van der Waals surface area contributed by atoms with Gasteiger partial charge in [-0.2, -0.15) is 0 Å². The van der Waals surface area contributed by atoms with E-state index < -0.39 is 6.10 Å². The van der Waals surface area contributed by atoms with Crippen molar-refractivity contribution in [3.8, 4) is 5.75 Å². The summed E-state index contributed by atoms with van der Waals surface area (Å²) in [6.45, 7) is 3.15. The number of carbonyl (C=O) groups excluding carboxylic acids is 1. The van der Waals surface area contributed by atoms with Gasteiger partial charge in [-0.25, -0.2) is 4.79 Å². The summed E-state index contributed by atoms with van der Waals surface area (Å²) in [5.74, 6) is 0.126. The Labute approximate surface area is 163 Å². The van der Waals surface area contributed by atoms with Crippen LogP contribution in [-0.4, -0.2) is 44.1 Å². The number of nitrogens with zero attached hydrogens (tertiary/aromatic N) is 1. The number of benzene rings is 1. The molecule has 1 aliphatic rings. The van der Waals surface area contributed by atoms with E-state index in [2.05, 4.69) is 10.2 Å². The van der Waals surface area contributed by atoms with Gasteiger partial charge in [0.15, 0.2) is 6.10 Å². The maximum absolute atomic E-state index is 12.2. The van der Waals surface area contributed by atoms with E-state index in [1.165, 1.54) is 0 Å². The van der Waals surface area contributed by atoms with Gasteiger partial charge >= 0.3 is 5.63 Å². The van der Waals surface area contributed by atoms with E-state index in [-0.39, 0.29) is 11.5 Å². The van der Waals surface area contributed by atoms with Crippen LogP contribution in [0.4, 0.5) is 0 Å². The van der Waals surface area contributed by atoms with Crippen molar-refractivity contribution in [2.45, 2.75) is 38.7 Å². The summed E-state index contributed by atoms with van der Waals surface area (Å²) in [6.07, 6.45) is 2.69. The van der Waals surface area contributed by atoms with E-state index in [1.807, 2.05) is 14.1 Å². The van der Waals surface area contributed by atoms with Gasteiger partial charge in [0.05, 0.1) is 5.02 Å². The number of ether oxygens (including phenoxy) is 1. The number of nitrogens with one attached hydrogen (secondary N) is 1. The van der Waals surface area contributed by atoms with Crippen molar-refractivity contribution >= 4 is 28.5 Å². The van der Waals surface area contributed by atoms with Gasteiger partial charge in [0, 0.05) is 23.6 Å². The molecule has 0 radical (unpaired) electrons. The molecule has 2 aromatic rings. The van der Waals surface area contributed by atoms with Gasteiger partial charge in [0.25, 0.3) is 5.91 Å². The van der Waals surface area contributed by atoms with E-state index in [9.17, 15) is 9.59 Å². The molecule has 1 aromatic carbocycles. The van der Waals surface area contributed by atoms with Crippen LogP contribution >= 0.6 is 11.6 Å². The second kappa shape index (κ2) is 8.31. The standard InChI is InChI=1S/C20H25ClN2O4/c1-12(19(24)22-8-5-9-23(2)3)26-18-11-17-15(10-16(18)21)13-6-4-7-14(13)20(25)27-17/h10-12H,4-9H2,1-3H3,(H,22,24). The number of fused-ring (bicyclic) bond motifs is 3. The lowest BCUT2D eigenvalue weighted by Gasteiger charge is -2.17. The smallest absolute Gasteiger partial charge is 0.339 e. The van der Waals surface area contributed by atoms with Crippen LogP contribution in [0.5, 0.6) is 5.75 Å². The molecule has 1 heterocycles. The minimum atomic E-state index is -0.708. The minimum Gasteiger partial charge on any atom is -0.479 e. The van der Waals surface area contributed by atoms with Crippen LogP contribution in [0.1, 0.15) is 30.9 Å². The topological polar surface area (TPSA) is 71.8 Å². The van der Waals surface area contributed by atoms with Gasteiger partial charge in [-0.1, -0.05) is 11.6 Å². The fraction of sp³-hybridized carbons (Fsp3) is 0.500. The lowest BCUT2D eigenvalue weighted by Crippen LogP contribution is -2.37. The monoisotopic (exact) mass is 392 g/mol. The SMILES string of the molecule is CC(Oc1cc2oc(=O)c3c(c2cc1Cl)CCC3)C(=O)NCCCN(C)C. The summed E-state index contributed by atoms with van der Waals surface area (Å²) in [4.78, 5) is 26.4. The summed E-state index contributed by atoms with van der Waals surface area (Å²) in [7, 11) is 3.98. The third-order valence-corrected chi connectivity index (χ3v) is 5.08. The summed E-state index contributed by atoms with van der Waals surface area (Å²) in [6, 6.07) is 3.37. The molecular weight excluding hydrogens is 368 g/mol. The molecule has 3 rings (SSSR count). The van der Waals surface area contributed by atoms with Crippen molar-refractivity contribution in [3.05, 3.63) is 38.7 Å². The van der Waals surface area contributed by atoms with Gasteiger partial charge in [0.2, 0.25) is 0 Å². The molecule has 0 saturated heterocycles. The minimum absolute atomic E-state index is 0.208. The van der Waals surface area contributed by atoms with Gasteiger partial charge in [-0.05, 0) is 64.9 Å². The summed E-state index contributed by atoms with van der Waals surface area (Å²) >= 11 is 6.37. The highest BCUT2D eigenvalue weighted by Gasteiger charge is 2.22. The Morgan fingerprint density at radius 1 is 1.33 bits per heavy atom. The third kappa shape index (κ3) is 4.45. The van der Waals surface area contributed by atoms with Crippen molar-refractivity contribution < 1.29 is 13.9 Å². The number of halogens is 1. The van der Waals surface area contributed by atoms with Gasteiger partial charge in [0.1, 0.15) is 11.3 Å². The zero-order valence-corrected chi connectivity index (χ0v) is 16.7. The molecule has 0 aliphatic heterocycles. The number of carbonyl (C=O) groups is 1. The third-order valence-electron chi connectivity index (χ3n) is 4.78. The quantitative estimate of drug-likeness (QED) is 0.579. The molecule has 27 heavy (non-hydrogen) atoms. The average molecular weight is 393 g/mol. The highest BCUT2D eigenvalue weighted by Crippen LogP contribution is 2.35. The molecule has 1 N–H and O–H groups in total. The van der Waals surface area contributed by atoms with E-state index in [0.29, 0.717) is 22.9 Å². The lowest BCUT2D eigenvalue weighted by atomic mass is 10.1. The Morgan fingerprint density at radius 3 is 2.81 bits per heavy atom.